The molecule has 4 aromatic rings. The van der Waals surface area contributed by atoms with Crippen molar-refractivity contribution in [3.63, 3.8) is 0 Å². The summed E-state index contributed by atoms with van der Waals surface area (Å²) in [5, 5.41) is 12.2. The largest absolute Gasteiger partial charge is 0.465 e. The van der Waals surface area contributed by atoms with Gasteiger partial charge in [0.2, 0.25) is 15.9 Å². The molecule has 0 radical (unpaired) electrons. The molecule has 0 aromatic heterocycles. The first kappa shape index (κ1) is 35.3. The molecule has 2 atom stereocenters. The summed E-state index contributed by atoms with van der Waals surface area (Å²) in [5.74, 6) is -1.11. The number of rotatable bonds is 12. The van der Waals surface area contributed by atoms with Crippen LogP contribution >= 0.6 is 0 Å². The lowest BCUT2D eigenvalue weighted by atomic mass is 9.98. The van der Waals surface area contributed by atoms with Crippen LogP contribution < -0.4 is 20.5 Å². The van der Waals surface area contributed by atoms with Crippen molar-refractivity contribution < 1.29 is 31.2 Å². The number of amides is 1. The van der Waals surface area contributed by atoms with Gasteiger partial charge in [-0.05, 0) is 90.0 Å². The number of methoxy groups -OCH3 is 1. The molecule has 1 amide bonds. The van der Waals surface area contributed by atoms with Crippen molar-refractivity contribution >= 4 is 54.3 Å². The van der Waals surface area contributed by atoms with Gasteiger partial charge in [-0.2, -0.15) is 4.72 Å². The average molecular weight is 707 g/mol. The van der Waals surface area contributed by atoms with E-state index >= 15 is 0 Å². The summed E-state index contributed by atoms with van der Waals surface area (Å²) in [4.78, 5) is 27.0. The van der Waals surface area contributed by atoms with Crippen LogP contribution in [-0.4, -0.2) is 72.4 Å². The number of carbonyl (C=O) groups is 2. The van der Waals surface area contributed by atoms with Gasteiger partial charge in [-0.15, -0.1) is 0 Å². The van der Waals surface area contributed by atoms with Gasteiger partial charge < -0.3 is 20.7 Å². The number of hydrogen-bond acceptors (Lipinski definition) is 8. The maximum absolute atomic E-state index is 13.6. The Balaban J connectivity index is 1.32. The van der Waals surface area contributed by atoms with Crippen molar-refractivity contribution in [3.8, 4) is 0 Å². The molecule has 4 aromatic carbocycles. The zero-order valence-electron chi connectivity index (χ0n) is 26.8. The summed E-state index contributed by atoms with van der Waals surface area (Å²) in [6.07, 6.45) is 1.61. The lowest BCUT2D eigenvalue weighted by molar-refractivity contribution is -0.123. The second-order valence-electron chi connectivity index (χ2n) is 11.8. The van der Waals surface area contributed by atoms with Crippen LogP contribution in [0.3, 0.4) is 0 Å². The molecule has 1 heterocycles. The molecule has 1 aliphatic rings. The fourth-order valence-electron chi connectivity index (χ4n) is 5.64. The van der Waals surface area contributed by atoms with E-state index in [2.05, 4.69) is 19.5 Å². The van der Waals surface area contributed by atoms with Gasteiger partial charge in [-0.1, -0.05) is 42.5 Å². The molecule has 15 heteroatoms. The van der Waals surface area contributed by atoms with Gasteiger partial charge in [0.25, 0.3) is 10.0 Å². The lowest BCUT2D eigenvalue weighted by Crippen LogP contribution is -2.51. The molecule has 49 heavy (non-hydrogen) atoms. The molecule has 6 N–H and O–H groups in total. The highest BCUT2D eigenvalue weighted by molar-refractivity contribution is 7.92. The molecule has 1 aliphatic heterocycles. The van der Waals surface area contributed by atoms with Gasteiger partial charge in [0.15, 0.2) is 5.96 Å². The van der Waals surface area contributed by atoms with Crippen LogP contribution in [0.5, 0.6) is 0 Å². The number of nitrogens with one attached hydrogen (secondary N) is 4. The molecule has 13 nitrogen and oxygen atoms in total. The first-order valence-corrected chi connectivity index (χ1v) is 18.5. The molecule has 0 saturated carbocycles. The molecule has 0 bridgehead atoms. The monoisotopic (exact) mass is 706 g/mol. The number of fused-ring (bicyclic) bond motifs is 1. The summed E-state index contributed by atoms with van der Waals surface area (Å²) in [5.41, 5.74) is 6.69. The Labute approximate surface area is 285 Å². The van der Waals surface area contributed by atoms with E-state index in [9.17, 15) is 26.4 Å². The molecular weight excluding hydrogens is 669 g/mol. The number of likely N-dealkylation sites (tertiary alicyclic amines) is 1. The molecule has 1 fully saturated rings. The Morgan fingerprint density at radius 3 is 2.27 bits per heavy atom. The van der Waals surface area contributed by atoms with Crippen LogP contribution in [0, 0.1) is 11.3 Å². The summed E-state index contributed by atoms with van der Waals surface area (Å²) in [6.45, 7) is 1.45. The number of carbonyl (C=O) groups excluding carboxylic acids is 2. The summed E-state index contributed by atoms with van der Waals surface area (Å²) < 4.78 is 62.8. The van der Waals surface area contributed by atoms with Crippen LogP contribution in [-0.2, 0) is 36.0 Å². The van der Waals surface area contributed by atoms with Gasteiger partial charge in [0, 0.05) is 25.3 Å². The van der Waals surface area contributed by atoms with E-state index in [-0.39, 0.29) is 45.9 Å². The zero-order valence-corrected chi connectivity index (χ0v) is 28.4. The molecular formula is C34H38N6O7S2. The maximum atomic E-state index is 13.6. The summed E-state index contributed by atoms with van der Waals surface area (Å²) in [7, 11) is -6.90. The molecule has 0 unspecified atom stereocenters. The Morgan fingerprint density at radius 1 is 0.918 bits per heavy atom. The van der Waals surface area contributed by atoms with Crippen LogP contribution in [0.15, 0.2) is 101 Å². The maximum Gasteiger partial charge on any atom is 0.337 e. The molecule has 5 rings (SSSR count). The standard InChI is InChI=1S/C34H38N6O7S2/c1-47-33(42)26-11-15-29(16-12-26)48(43,44)38-28-13-8-23(9-14-28)19-31(32(41)37-21-24-5-4-18-40(22-24)34(35)36)39-49(45,46)30-17-10-25-6-2-3-7-27(25)20-30/h2-3,6-17,20,24,31,38-39H,4-5,18-19,21-22H2,1H3,(H3,35,36)(H,37,41)/t24-,31+/m0/s1. The van der Waals surface area contributed by atoms with E-state index in [0.29, 0.717) is 18.7 Å². The van der Waals surface area contributed by atoms with Gasteiger partial charge in [-0.25, -0.2) is 21.6 Å². The Bertz CT molecular complexity index is 2050. The number of hydrogen-bond donors (Lipinski definition) is 5. The Kier molecular flexibility index (Phi) is 10.9. The van der Waals surface area contributed by atoms with Gasteiger partial charge in [0.1, 0.15) is 6.04 Å². The predicted molar refractivity (Wildman–Crippen MR) is 186 cm³/mol. The number of esters is 1. The topological polar surface area (TPSA) is 201 Å². The average Bonchev–Trinajstić information content (AvgIpc) is 3.10. The highest BCUT2D eigenvalue weighted by Crippen LogP contribution is 2.22. The van der Waals surface area contributed by atoms with Gasteiger partial charge in [-0.3, -0.25) is 14.9 Å². The number of ether oxygens (including phenoxy) is 1. The number of piperidine rings is 1. The second-order valence-corrected chi connectivity index (χ2v) is 15.2. The van der Waals surface area contributed by atoms with Crippen LogP contribution in [0.4, 0.5) is 5.69 Å². The molecule has 258 valence electrons. The van der Waals surface area contributed by atoms with Crippen molar-refractivity contribution in [2.24, 2.45) is 11.7 Å². The third-order valence-corrected chi connectivity index (χ3v) is 11.2. The number of guanidine groups is 1. The third kappa shape index (κ3) is 8.93. The van der Waals surface area contributed by atoms with Crippen molar-refractivity contribution in [2.75, 3.05) is 31.5 Å². The van der Waals surface area contributed by atoms with Crippen LogP contribution in [0.2, 0.25) is 0 Å². The fourth-order valence-corrected chi connectivity index (χ4v) is 7.93. The molecule has 1 saturated heterocycles. The smallest absolute Gasteiger partial charge is 0.337 e. The number of anilines is 1. The van der Waals surface area contributed by atoms with Crippen molar-refractivity contribution in [1.29, 1.82) is 5.41 Å². The van der Waals surface area contributed by atoms with Gasteiger partial charge in [0.05, 0.1) is 22.5 Å². The predicted octanol–water partition coefficient (Wildman–Crippen LogP) is 3.04. The molecule has 0 spiro atoms. The first-order valence-electron chi connectivity index (χ1n) is 15.5. The van der Waals surface area contributed by atoms with Crippen molar-refractivity contribution in [2.45, 2.75) is 35.1 Å². The zero-order chi connectivity index (χ0) is 35.2. The van der Waals surface area contributed by atoms with E-state index in [1.54, 1.807) is 35.2 Å². The highest BCUT2D eigenvalue weighted by atomic mass is 32.2. The molecule has 0 aliphatic carbocycles. The van der Waals surface area contributed by atoms with E-state index in [4.69, 9.17) is 11.1 Å². The third-order valence-electron chi connectivity index (χ3n) is 8.30. The van der Waals surface area contributed by atoms with E-state index in [0.717, 1.165) is 23.6 Å². The minimum absolute atomic E-state index is 0.0118. The van der Waals surface area contributed by atoms with E-state index in [1.165, 1.54) is 49.6 Å². The van der Waals surface area contributed by atoms with E-state index in [1.807, 2.05) is 18.2 Å². The van der Waals surface area contributed by atoms with E-state index < -0.39 is 38.0 Å². The number of benzene rings is 4. The van der Waals surface area contributed by atoms with Crippen molar-refractivity contribution in [3.05, 3.63) is 102 Å². The number of sulfonamides is 2. The van der Waals surface area contributed by atoms with Crippen LogP contribution in [0.25, 0.3) is 10.8 Å². The van der Waals surface area contributed by atoms with Crippen molar-refractivity contribution in [1.82, 2.24) is 14.9 Å². The normalized spacial score (nSPS) is 15.7. The number of nitrogens with two attached hydrogens (primary N) is 1. The quantitative estimate of drug-likeness (QED) is 0.0834. The minimum atomic E-state index is -4.14. The first-order chi connectivity index (χ1) is 23.3. The summed E-state index contributed by atoms with van der Waals surface area (Å²) >= 11 is 0. The minimum Gasteiger partial charge on any atom is -0.465 e. The highest BCUT2D eigenvalue weighted by Gasteiger charge is 2.28. The second kappa shape index (κ2) is 15.1. The van der Waals surface area contributed by atoms with Gasteiger partial charge >= 0.3 is 5.97 Å². The summed E-state index contributed by atoms with van der Waals surface area (Å²) in [6, 6.07) is 22.4. The fraction of sp³-hybridized carbons (Fsp3) is 0.265. The lowest BCUT2D eigenvalue weighted by Gasteiger charge is -2.33. The van der Waals surface area contributed by atoms with Crippen LogP contribution in [0.1, 0.15) is 28.8 Å². The Hall–Kier alpha value is -4.99. The Morgan fingerprint density at radius 2 is 1.59 bits per heavy atom. The number of nitrogens with zero attached hydrogens (tertiary/aromatic N) is 1. The SMILES string of the molecule is COC(=O)c1ccc(S(=O)(=O)Nc2ccc(C[C@@H](NS(=O)(=O)c3ccc4ccccc4c3)C(=O)NC[C@@H]3CCCN(C(=N)N)C3)cc2)cc1.